The number of allylic oxidation sites excluding steroid dienone is 1. The van der Waals surface area contributed by atoms with Crippen molar-refractivity contribution in [1.29, 1.82) is 0 Å². The minimum absolute atomic E-state index is 0. The Morgan fingerprint density at radius 3 is 2.82 bits per heavy atom. The molecule has 2 aliphatic heterocycles. The summed E-state index contributed by atoms with van der Waals surface area (Å²) >= 11 is 1.84. The third kappa shape index (κ3) is 2.79. The minimum atomic E-state index is 0. The van der Waals surface area contributed by atoms with Gasteiger partial charge in [0.2, 0.25) is 0 Å². The first-order valence-electron chi connectivity index (χ1n) is 9.36. The maximum Gasteiger partial charge on any atom is 0.134 e. The molecular weight excluding hydrogens is 364 g/mol. The van der Waals surface area contributed by atoms with E-state index in [4.69, 9.17) is 4.74 Å². The van der Waals surface area contributed by atoms with Gasteiger partial charge in [-0.05, 0) is 24.7 Å². The van der Waals surface area contributed by atoms with Crippen LogP contribution in [0.25, 0.3) is 22.2 Å². The number of hydrogen-bond donors (Lipinski definition) is 1. The van der Waals surface area contributed by atoms with E-state index in [-0.39, 0.29) is 13.5 Å². The molecule has 0 amide bonds. The summed E-state index contributed by atoms with van der Waals surface area (Å²) in [6.07, 6.45) is 3.08. The van der Waals surface area contributed by atoms with Crippen molar-refractivity contribution in [1.82, 2.24) is 9.88 Å². The fraction of sp³-hybridized carbons (Fsp3) is 0.250. The van der Waals surface area contributed by atoms with Crippen molar-refractivity contribution in [3.63, 3.8) is 0 Å². The molecule has 1 atom stereocenters. The lowest BCUT2D eigenvalue weighted by molar-refractivity contribution is 0.190. The van der Waals surface area contributed by atoms with Crippen LogP contribution in [-0.4, -0.2) is 24.3 Å². The fourth-order valence-corrected chi connectivity index (χ4v) is 5.45. The molecule has 144 valence electrons. The van der Waals surface area contributed by atoms with Gasteiger partial charge in [0, 0.05) is 40.9 Å². The summed E-state index contributed by atoms with van der Waals surface area (Å²) in [5.74, 6) is 1.06. The van der Waals surface area contributed by atoms with Gasteiger partial charge in [-0.15, -0.1) is 6.58 Å². The standard InChI is InChI=1S/C23H22N2OS.CH4/c1-3-12-25-19-10-6-4-9-17(19)21-22-18(13-15(26-22)14-24-2)16-8-5-7-11-20(16)27-23(21)25;/h3-11,15,24H,1,12-14H2,2H3;1H4. The molecule has 0 saturated carbocycles. The zero-order chi connectivity index (χ0) is 18.4. The van der Waals surface area contributed by atoms with Gasteiger partial charge in [-0.3, -0.25) is 0 Å². The molecule has 3 nitrogen and oxygen atoms in total. The third-order valence-electron chi connectivity index (χ3n) is 5.30. The van der Waals surface area contributed by atoms with Gasteiger partial charge < -0.3 is 14.6 Å². The second-order valence-electron chi connectivity index (χ2n) is 7.00. The minimum Gasteiger partial charge on any atom is -0.488 e. The Balaban J connectivity index is 0.00000192. The Labute approximate surface area is 171 Å². The van der Waals surface area contributed by atoms with E-state index in [0.717, 1.165) is 25.3 Å². The molecule has 2 aliphatic rings. The van der Waals surface area contributed by atoms with Crippen LogP contribution in [0.2, 0.25) is 0 Å². The van der Waals surface area contributed by atoms with Crippen LogP contribution >= 0.6 is 11.8 Å². The first kappa shape index (κ1) is 18.9. The zero-order valence-corrected chi connectivity index (χ0v) is 16.2. The highest BCUT2D eigenvalue weighted by Crippen LogP contribution is 2.52. The first-order valence-corrected chi connectivity index (χ1v) is 10.2. The van der Waals surface area contributed by atoms with Gasteiger partial charge in [-0.25, -0.2) is 0 Å². The molecular formula is C24H26N2OS. The molecule has 0 bridgehead atoms. The van der Waals surface area contributed by atoms with Crippen LogP contribution in [-0.2, 0) is 11.3 Å². The molecule has 1 aromatic heterocycles. The van der Waals surface area contributed by atoms with Crippen LogP contribution in [0.5, 0.6) is 0 Å². The van der Waals surface area contributed by atoms with E-state index in [2.05, 4.69) is 65.0 Å². The highest BCUT2D eigenvalue weighted by Gasteiger charge is 2.35. The largest absolute Gasteiger partial charge is 0.488 e. The Bertz CT molecular complexity index is 1080. The zero-order valence-electron chi connectivity index (χ0n) is 15.4. The van der Waals surface area contributed by atoms with Crippen molar-refractivity contribution in [2.45, 2.75) is 36.4 Å². The molecule has 2 aromatic carbocycles. The lowest BCUT2D eigenvalue weighted by Crippen LogP contribution is -2.23. The highest BCUT2D eigenvalue weighted by molar-refractivity contribution is 7.99. The monoisotopic (exact) mass is 390 g/mol. The van der Waals surface area contributed by atoms with Crippen LogP contribution in [0.15, 0.2) is 71.1 Å². The van der Waals surface area contributed by atoms with Crippen LogP contribution < -0.4 is 5.32 Å². The average molecular weight is 391 g/mol. The number of aromatic nitrogens is 1. The van der Waals surface area contributed by atoms with E-state index < -0.39 is 0 Å². The van der Waals surface area contributed by atoms with Gasteiger partial charge in [-0.2, -0.15) is 0 Å². The van der Waals surface area contributed by atoms with Gasteiger partial charge in [0.15, 0.2) is 0 Å². The molecule has 28 heavy (non-hydrogen) atoms. The SMILES string of the molecule is C.C=CCn1c2c(c3ccccc31)C1=C(CC(CNC)O1)c1ccccc1S2. The summed E-state index contributed by atoms with van der Waals surface area (Å²) in [5, 5.41) is 5.78. The van der Waals surface area contributed by atoms with Gasteiger partial charge in [0.25, 0.3) is 0 Å². The lowest BCUT2D eigenvalue weighted by atomic mass is 9.98. The molecule has 0 aliphatic carbocycles. The summed E-state index contributed by atoms with van der Waals surface area (Å²) in [7, 11) is 1.98. The van der Waals surface area contributed by atoms with E-state index in [1.807, 2.05) is 24.9 Å². The average Bonchev–Trinajstić information content (AvgIpc) is 3.19. The molecule has 0 radical (unpaired) electrons. The molecule has 4 heteroatoms. The first-order chi connectivity index (χ1) is 13.3. The van der Waals surface area contributed by atoms with E-state index >= 15 is 0 Å². The van der Waals surface area contributed by atoms with Crippen LogP contribution in [0, 0.1) is 0 Å². The van der Waals surface area contributed by atoms with E-state index in [0.29, 0.717) is 0 Å². The highest BCUT2D eigenvalue weighted by atomic mass is 32.2. The van der Waals surface area contributed by atoms with Crippen LogP contribution in [0.3, 0.4) is 0 Å². The van der Waals surface area contributed by atoms with E-state index in [1.165, 1.54) is 37.5 Å². The quantitative estimate of drug-likeness (QED) is 0.570. The van der Waals surface area contributed by atoms with Crippen LogP contribution in [0.1, 0.15) is 25.0 Å². The molecule has 1 N–H and O–H groups in total. The molecule has 3 heterocycles. The Kier molecular flexibility index (Phi) is 5.09. The number of fused-ring (bicyclic) bond motifs is 6. The normalized spacial score (nSPS) is 17.2. The van der Waals surface area contributed by atoms with Crippen molar-refractivity contribution in [2.75, 3.05) is 13.6 Å². The molecule has 0 saturated heterocycles. The number of benzene rings is 2. The second kappa shape index (κ2) is 7.53. The van der Waals surface area contributed by atoms with Crippen molar-refractivity contribution < 1.29 is 4.74 Å². The van der Waals surface area contributed by atoms with E-state index in [9.17, 15) is 0 Å². The van der Waals surface area contributed by atoms with Gasteiger partial charge >= 0.3 is 0 Å². The maximum absolute atomic E-state index is 6.53. The molecule has 0 spiro atoms. The number of likely N-dealkylation sites (N-methyl/N-ethyl adjacent to an activating group) is 1. The smallest absolute Gasteiger partial charge is 0.134 e. The summed E-state index contributed by atoms with van der Waals surface area (Å²) in [5.41, 5.74) is 5.11. The predicted molar refractivity (Wildman–Crippen MR) is 120 cm³/mol. The Morgan fingerprint density at radius 1 is 1.21 bits per heavy atom. The van der Waals surface area contributed by atoms with Crippen molar-refractivity contribution in [2.24, 2.45) is 0 Å². The van der Waals surface area contributed by atoms with Crippen molar-refractivity contribution in [3.8, 4) is 0 Å². The molecule has 5 rings (SSSR count). The number of nitrogens with zero attached hydrogens (tertiary/aromatic N) is 1. The van der Waals surface area contributed by atoms with Crippen molar-refractivity contribution in [3.05, 3.63) is 72.3 Å². The molecule has 3 aromatic rings. The van der Waals surface area contributed by atoms with Gasteiger partial charge in [0.05, 0.1) is 10.6 Å². The number of nitrogens with one attached hydrogen (secondary N) is 1. The third-order valence-corrected chi connectivity index (χ3v) is 6.50. The van der Waals surface area contributed by atoms with Crippen LogP contribution in [0.4, 0.5) is 0 Å². The summed E-state index contributed by atoms with van der Waals surface area (Å²) < 4.78 is 8.90. The number of hydrogen-bond acceptors (Lipinski definition) is 3. The number of ether oxygens (including phenoxy) is 1. The van der Waals surface area contributed by atoms with Gasteiger partial charge in [-0.1, -0.05) is 61.7 Å². The number of para-hydroxylation sites is 1. The second-order valence-corrected chi connectivity index (χ2v) is 8.03. The Morgan fingerprint density at radius 2 is 2.00 bits per heavy atom. The summed E-state index contributed by atoms with van der Waals surface area (Å²) in [6, 6.07) is 17.3. The van der Waals surface area contributed by atoms with E-state index in [1.54, 1.807) is 0 Å². The van der Waals surface area contributed by atoms with Crippen molar-refractivity contribution >= 4 is 34.0 Å². The predicted octanol–water partition coefficient (Wildman–Crippen LogP) is 5.80. The molecule has 0 fully saturated rings. The van der Waals surface area contributed by atoms with Gasteiger partial charge in [0.1, 0.15) is 11.9 Å². The lowest BCUT2D eigenvalue weighted by Gasteiger charge is -2.14. The number of rotatable bonds is 4. The molecule has 1 unspecified atom stereocenters. The summed E-state index contributed by atoms with van der Waals surface area (Å²) in [4.78, 5) is 1.30. The Hall–Kier alpha value is -2.43. The summed E-state index contributed by atoms with van der Waals surface area (Å²) in [6.45, 7) is 5.62. The topological polar surface area (TPSA) is 26.2 Å². The maximum atomic E-state index is 6.53. The fourth-order valence-electron chi connectivity index (χ4n) is 4.21.